The minimum Gasteiger partial charge on any atom is -0.352 e. The maximum atomic E-state index is 12.6. The third-order valence-corrected chi connectivity index (χ3v) is 3.88. The van der Waals surface area contributed by atoms with Gasteiger partial charge in [-0.2, -0.15) is 10.2 Å². The first kappa shape index (κ1) is 15.9. The van der Waals surface area contributed by atoms with Gasteiger partial charge in [0.2, 0.25) is 5.91 Å². The normalized spacial score (nSPS) is 17.3. The fourth-order valence-electron chi connectivity index (χ4n) is 2.75. The van der Waals surface area contributed by atoms with Gasteiger partial charge in [0.05, 0.1) is 12.2 Å². The Labute approximate surface area is 140 Å². The van der Waals surface area contributed by atoms with Crippen LogP contribution in [0, 0.1) is 6.92 Å². The van der Waals surface area contributed by atoms with Gasteiger partial charge >= 0.3 is 6.03 Å². The third-order valence-electron chi connectivity index (χ3n) is 3.88. The van der Waals surface area contributed by atoms with Gasteiger partial charge in [-0.15, -0.1) is 0 Å². The van der Waals surface area contributed by atoms with Crippen molar-refractivity contribution in [1.29, 1.82) is 0 Å². The van der Waals surface area contributed by atoms with Crippen LogP contribution in [0.2, 0.25) is 0 Å². The lowest BCUT2D eigenvalue weighted by Gasteiger charge is -2.35. The number of aryl methyl sites for hydroxylation is 1. The molecule has 124 valence electrons. The van der Waals surface area contributed by atoms with Gasteiger partial charge in [0.25, 0.3) is 0 Å². The molecule has 7 nitrogen and oxygen atoms in total. The number of urea groups is 1. The number of benzene rings is 1. The van der Waals surface area contributed by atoms with Crippen LogP contribution in [0.1, 0.15) is 22.9 Å². The Hall–Kier alpha value is -2.96. The van der Waals surface area contributed by atoms with E-state index in [1.807, 2.05) is 31.2 Å². The summed E-state index contributed by atoms with van der Waals surface area (Å²) in [7, 11) is 0. The van der Waals surface area contributed by atoms with Crippen molar-refractivity contribution in [2.24, 2.45) is 0 Å². The van der Waals surface area contributed by atoms with Crippen LogP contribution in [0.4, 0.5) is 4.79 Å². The highest BCUT2D eigenvalue weighted by atomic mass is 16.2. The molecular formula is C17H19N5O2. The SMILES string of the molecule is Cc1cccc(C2C(=O)NCCN2C(=O)NCc2cccnn2)c1. The largest absolute Gasteiger partial charge is 0.352 e. The summed E-state index contributed by atoms with van der Waals surface area (Å²) in [5, 5.41) is 13.4. The summed E-state index contributed by atoms with van der Waals surface area (Å²) in [5.74, 6) is -0.165. The van der Waals surface area contributed by atoms with Gasteiger partial charge in [0.1, 0.15) is 6.04 Å². The number of nitrogens with one attached hydrogen (secondary N) is 2. The highest BCUT2D eigenvalue weighted by molar-refractivity contribution is 5.89. The molecule has 0 bridgehead atoms. The lowest BCUT2D eigenvalue weighted by atomic mass is 10.0. The lowest BCUT2D eigenvalue weighted by molar-refractivity contribution is -0.127. The van der Waals surface area contributed by atoms with Gasteiger partial charge in [-0.25, -0.2) is 4.79 Å². The predicted octanol–water partition coefficient (Wildman–Crippen LogP) is 1.17. The zero-order valence-electron chi connectivity index (χ0n) is 13.4. The van der Waals surface area contributed by atoms with Crippen molar-refractivity contribution < 1.29 is 9.59 Å². The first-order valence-corrected chi connectivity index (χ1v) is 7.80. The van der Waals surface area contributed by atoms with Crippen molar-refractivity contribution in [2.45, 2.75) is 19.5 Å². The van der Waals surface area contributed by atoms with E-state index in [9.17, 15) is 9.59 Å². The second-order valence-corrected chi connectivity index (χ2v) is 5.67. The molecule has 1 saturated heterocycles. The van der Waals surface area contributed by atoms with Crippen molar-refractivity contribution in [3.05, 3.63) is 59.4 Å². The van der Waals surface area contributed by atoms with Gasteiger partial charge in [0, 0.05) is 19.3 Å². The Kier molecular flexibility index (Phi) is 4.69. The molecule has 0 radical (unpaired) electrons. The molecule has 0 aliphatic carbocycles. The van der Waals surface area contributed by atoms with Gasteiger partial charge in [-0.3, -0.25) is 4.79 Å². The van der Waals surface area contributed by atoms with Crippen LogP contribution in [0.5, 0.6) is 0 Å². The molecule has 2 heterocycles. The zero-order chi connectivity index (χ0) is 16.9. The van der Waals surface area contributed by atoms with Gasteiger partial charge in [0.15, 0.2) is 0 Å². The smallest absolute Gasteiger partial charge is 0.318 e. The van der Waals surface area contributed by atoms with Gasteiger partial charge in [-0.1, -0.05) is 29.8 Å². The Bertz CT molecular complexity index is 735. The van der Waals surface area contributed by atoms with Gasteiger partial charge < -0.3 is 15.5 Å². The number of amides is 3. The third kappa shape index (κ3) is 3.51. The second kappa shape index (κ2) is 7.08. The van der Waals surface area contributed by atoms with Crippen LogP contribution in [-0.4, -0.2) is 40.1 Å². The number of carbonyl (C=O) groups excluding carboxylic acids is 2. The van der Waals surface area contributed by atoms with E-state index in [4.69, 9.17) is 0 Å². The summed E-state index contributed by atoms with van der Waals surface area (Å²) < 4.78 is 0. The first-order valence-electron chi connectivity index (χ1n) is 7.80. The molecule has 0 spiro atoms. The molecule has 1 fully saturated rings. The fourth-order valence-corrected chi connectivity index (χ4v) is 2.75. The van der Waals surface area contributed by atoms with E-state index in [0.29, 0.717) is 18.8 Å². The second-order valence-electron chi connectivity index (χ2n) is 5.67. The minimum atomic E-state index is -0.625. The van der Waals surface area contributed by atoms with Crippen molar-refractivity contribution in [3.8, 4) is 0 Å². The molecule has 0 saturated carbocycles. The van der Waals surface area contributed by atoms with E-state index < -0.39 is 6.04 Å². The van der Waals surface area contributed by atoms with E-state index >= 15 is 0 Å². The number of aromatic nitrogens is 2. The molecule has 3 rings (SSSR count). The van der Waals surface area contributed by atoms with E-state index in [1.54, 1.807) is 23.2 Å². The topological polar surface area (TPSA) is 87.2 Å². The Morgan fingerprint density at radius 2 is 2.25 bits per heavy atom. The van der Waals surface area contributed by atoms with Crippen molar-refractivity contribution in [2.75, 3.05) is 13.1 Å². The van der Waals surface area contributed by atoms with Crippen molar-refractivity contribution in [1.82, 2.24) is 25.7 Å². The number of hydrogen-bond acceptors (Lipinski definition) is 4. The molecule has 3 amide bonds. The zero-order valence-corrected chi connectivity index (χ0v) is 13.4. The van der Waals surface area contributed by atoms with Crippen molar-refractivity contribution >= 4 is 11.9 Å². The van der Waals surface area contributed by atoms with Crippen LogP contribution in [0.15, 0.2) is 42.6 Å². The summed E-state index contributed by atoms with van der Waals surface area (Å²) in [6.07, 6.45) is 1.58. The van der Waals surface area contributed by atoms with E-state index in [2.05, 4.69) is 20.8 Å². The van der Waals surface area contributed by atoms with Crippen LogP contribution >= 0.6 is 0 Å². The maximum Gasteiger partial charge on any atom is 0.318 e. The molecule has 1 aromatic heterocycles. The Balaban J connectivity index is 1.76. The summed E-state index contributed by atoms with van der Waals surface area (Å²) in [6.45, 7) is 3.13. The molecule has 2 N–H and O–H groups in total. The van der Waals surface area contributed by atoms with Crippen LogP contribution in [0.25, 0.3) is 0 Å². The Morgan fingerprint density at radius 3 is 3.00 bits per heavy atom. The monoisotopic (exact) mass is 325 g/mol. The van der Waals surface area contributed by atoms with Crippen LogP contribution < -0.4 is 10.6 Å². The molecule has 1 atom stereocenters. The number of rotatable bonds is 3. The number of nitrogens with zero attached hydrogens (tertiary/aromatic N) is 3. The molecule has 1 aliphatic rings. The molecule has 24 heavy (non-hydrogen) atoms. The molecule has 1 unspecified atom stereocenters. The summed E-state index contributed by atoms with van der Waals surface area (Å²) in [5.41, 5.74) is 2.52. The average Bonchev–Trinajstić information content (AvgIpc) is 2.60. The quantitative estimate of drug-likeness (QED) is 0.887. The highest BCUT2D eigenvalue weighted by Crippen LogP contribution is 2.24. The Morgan fingerprint density at radius 1 is 1.38 bits per heavy atom. The van der Waals surface area contributed by atoms with Gasteiger partial charge in [-0.05, 0) is 24.6 Å². The van der Waals surface area contributed by atoms with E-state index in [0.717, 1.165) is 11.1 Å². The minimum absolute atomic E-state index is 0.165. The van der Waals surface area contributed by atoms with Crippen LogP contribution in [0.3, 0.4) is 0 Å². The average molecular weight is 325 g/mol. The predicted molar refractivity (Wildman–Crippen MR) is 87.9 cm³/mol. The number of piperazine rings is 1. The summed E-state index contributed by atoms with van der Waals surface area (Å²) in [6, 6.07) is 10.3. The van der Waals surface area contributed by atoms with E-state index in [1.165, 1.54) is 0 Å². The van der Waals surface area contributed by atoms with E-state index in [-0.39, 0.29) is 18.5 Å². The number of hydrogen-bond donors (Lipinski definition) is 2. The molecule has 1 aromatic carbocycles. The summed E-state index contributed by atoms with van der Waals surface area (Å²) >= 11 is 0. The lowest BCUT2D eigenvalue weighted by Crippen LogP contribution is -2.54. The molecule has 2 aromatic rings. The standard InChI is InChI=1S/C17H19N5O2/c1-12-4-2-5-13(10-12)15-16(23)18-8-9-22(15)17(24)19-11-14-6-3-7-20-21-14/h2-7,10,15H,8-9,11H2,1H3,(H,18,23)(H,19,24). The maximum absolute atomic E-state index is 12.6. The molecular weight excluding hydrogens is 306 g/mol. The fraction of sp³-hybridized carbons (Fsp3) is 0.294. The molecule has 7 heteroatoms. The van der Waals surface area contributed by atoms with Crippen LogP contribution in [-0.2, 0) is 11.3 Å². The highest BCUT2D eigenvalue weighted by Gasteiger charge is 2.34. The number of carbonyl (C=O) groups is 2. The molecule has 1 aliphatic heterocycles. The first-order chi connectivity index (χ1) is 11.6. The summed E-state index contributed by atoms with van der Waals surface area (Å²) in [4.78, 5) is 26.5. The van der Waals surface area contributed by atoms with Crippen molar-refractivity contribution in [3.63, 3.8) is 0 Å².